The lowest BCUT2D eigenvalue weighted by atomic mass is 9.63. The van der Waals surface area contributed by atoms with Gasteiger partial charge >= 0.3 is 0 Å². The van der Waals surface area contributed by atoms with Crippen LogP contribution in [0, 0.1) is 0 Å². The smallest absolute Gasteiger partial charge is 0.119 e. The maximum absolute atomic E-state index is 10.0. The molecule has 0 spiro atoms. The molecule has 0 aliphatic heterocycles. The highest BCUT2D eigenvalue weighted by molar-refractivity contribution is 5.49. The lowest BCUT2D eigenvalue weighted by Crippen LogP contribution is -2.33. The van der Waals surface area contributed by atoms with Crippen molar-refractivity contribution in [1.29, 1.82) is 0 Å². The van der Waals surface area contributed by atoms with Crippen LogP contribution < -0.4 is 0 Å². The summed E-state index contributed by atoms with van der Waals surface area (Å²) >= 11 is 0. The predicted octanol–water partition coefficient (Wildman–Crippen LogP) is 3.74. The Kier molecular flexibility index (Phi) is 2.11. The van der Waals surface area contributed by atoms with Gasteiger partial charge in [-0.2, -0.15) is 0 Å². The third-order valence-electron chi connectivity index (χ3n) is 3.82. The maximum Gasteiger partial charge on any atom is 0.119 e. The lowest BCUT2D eigenvalue weighted by molar-refractivity contribution is 0.317. The van der Waals surface area contributed by atoms with E-state index < -0.39 is 0 Å². The molecule has 0 unspecified atom stereocenters. The summed E-state index contributed by atoms with van der Waals surface area (Å²) in [6.45, 7) is 8.97. The molecule has 1 aromatic carbocycles. The number of hydrogen-bond acceptors (Lipinski definition) is 1. The van der Waals surface area contributed by atoms with E-state index in [9.17, 15) is 5.11 Å². The molecule has 0 amide bonds. The Morgan fingerprint density at radius 2 is 1.60 bits per heavy atom. The number of phenols is 1. The predicted molar refractivity (Wildman–Crippen MR) is 63.4 cm³/mol. The molecule has 0 heterocycles. The van der Waals surface area contributed by atoms with Gasteiger partial charge in [0.15, 0.2) is 0 Å². The first-order valence-electron chi connectivity index (χ1n) is 5.67. The number of phenolic OH excluding ortho intramolecular Hbond substituents is 1. The summed E-state index contributed by atoms with van der Waals surface area (Å²) in [5, 5.41) is 10.0. The van der Waals surface area contributed by atoms with E-state index in [2.05, 4.69) is 33.8 Å². The molecule has 1 N–H and O–H groups in total. The van der Waals surface area contributed by atoms with E-state index in [1.807, 2.05) is 12.1 Å². The average Bonchev–Trinajstić information content (AvgIpc) is 2.13. The Labute approximate surface area is 92.1 Å². The molecular weight excluding hydrogens is 184 g/mol. The minimum Gasteiger partial charge on any atom is -0.508 e. The van der Waals surface area contributed by atoms with Crippen molar-refractivity contribution in [3.8, 4) is 5.75 Å². The monoisotopic (exact) mass is 204 g/mol. The molecule has 0 radical (unpaired) electrons. The van der Waals surface area contributed by atoms with Crippen molar-refractivity contribution in [2.45, 2.75) is 51.4 Å². The van der Waals surface area contributed by atoms with Crippen LogP contribution in [-0.2, 0) is 10.8 Å². The van der Waals surface area contributed by atoms with E-state index in [-0.39, 0.29) is 10.8 Å². The normalized spacial score (nSPS) is 22.1. The van der Waals surface area contributed by atoms with Crippen molar-refractivity contribution in [3.63, 3.8) is 0 Å². The number of fused-ring (bicyclic) bond motifs is 1. The van der Waals surface area contributed by atoms with Gasteiger partial charge < -0.3 is 5.11 Å². The van der Waals surface area contributed by atoms with E-state index in [0.717, 1.165) is 12.0 Å². The van der Waals surface area contributed by atoms with Crippen LogP contribution in [0.2, 0.25) is 0 Å². The highest BCUT2D eigenvalue weighted by Gasteiger charge is 2.38. The molecule has 15 heavy (non-hydrogen) atoms. The van der Waals surface area contributed by atoms with E-state index >= 15 is 0 Å². The molecule has 1 nitrogen and oxygen atoms in total. The molecule has 0 bridgehead atoms. The maximum atomic E-state index is 10.0. The summed E-state index contributed by atoms with van der Waals surface area (Å²) in [7, 11) is 0. The number of hydrogen-bond donors (Lipinski definition) is 1. The number of aromatic hydroxyl groups is 1. The fraction of sp³-hybridized carbons (Fsp3) is 0.571. The van der Waals surface area contributed by atoms with Gasteiger partial charge in [0.2, 0.25) is 0 Å². The van der Waals surface area contributed by atoms with Gasteiger partial charge in [0.25, 0.3) is 0 Å². The SMILES string of the molecule is CC1(C)CCC(C)(C)c2c(O)cccc21. The van der Waals surface area contributed by atoms with Crippen LogP contribution in [-0.4, -0.2) is 5.11 Å². The Morgan fingerprint density at radius 3 is 2.20 bits per heavy atom. The van der Waals surface area contributed by atoms with Crippen molar-refractivity contribution in [3.05, 3.63) is 29.3 Å². The number of rotatable bonds is 0. The summed E-state index contributed by atoms with van der Waals surface area (Å²) in [4.78, 5) is 0. The molecule has 0 atom stereocenters. The van der Waals surface area contributed by atoms with Gasteiger partial charge in [0.05, 0.1) is 0 Å². The Balaban J connectivity index is 2.70. The Bertz CT molecular complexity index is 388. The summed E-state index contributed by atoms with van der Waals surface area (Å²) in [6.07, 6.45) is 2.33. The van der Waals surface area contributed by atoms with E-state index in [1.165, 1.54) is 12.0 Å². The van der Waals surface area contributed by atoms with Crippen molar-refractivity contribution in [1.82, 2.24) is 0 Å². The first kappa shape index (κ1) is 10.5. The topological polar surface area (TPSA) is 20.2 Å². The molecule has 0 saturated carbocycles. The van der Waals surface area contributed by atoms with E-state index in [4.69, 9.17) is 0 Å². The van der Waals surface area contributed by atoms with Crippen LogP contribution in [0.15, 0.2) is 18.2 Å². The molecule has 0 fully saturated rings. The second-order valence-corrected chi connectivity index (χ2v) is 5.97. The van der Waals surface area contributed by atoms with Crippen molar-refractivity contribution >= 4 is 0 Å². The van der Waals surface area contributed by atoms with Gasteiger partial charge in [-0.05, 0) is 35.3 Å². The molecule has 82 valence electrons. The molecule has 1 aliphatic carbocycles. The average molecular weight is 204 g/mol. The quantitative estimate of drug-likeness (QED) is 0.682. The molecular formula is C14H20O. The van der Waals surface area contributed by atoms with Crippen molar-refractivity contribution < 1.29 is 5.11 Å². The summed E-state index contributed by atoms with van der Waals surface area (Å²) in [6, 6.07) is 5.93. The molecule has 0 aromatic heterocycles. The fourth-order valence-corrected chi connectivity index (χ4v) is 2.70. The minimum absolute atomic E-state index is 0.107. The van der Waals surface area contributed by atoms with Crippen LogP contribution in [0.5, 0.6) is 5.75 Å². The third kappa shape index (κ3) is 1.54. The Hall–Kier alpha value is -0.980. The van der Waals surface area contributed by atoms with Gasteiger partial charge in [0, 0.05) is 5.56 Å². The number of benzene rings is 1. The van der Waals surface area contributed by atoms with Crippen molar-refractivity contribution in [2.75, 3.05) is 0 Å². The van der Waals surface area contributed by atoms with Crippen LogP contribution in [0.1, 0.15) is 51.7 Å². The zero-order valence-corrected chi connectivity index (χ0v) is 10.1. The van der Waals surface area contributed by atoms with Crippen LogP contribution in [0.25, 0.3) is 0 Å². The van der Waals surface area contributed by atoms with Gasteiger partial charge in [0.1, 0.15) is 5.75 Å². The third-order valence-corrected chi connectivity index (χ3v) is 3.82. The largest absolute Gasteiger partial charge is 0.508 e. The lowest BCUT2D eigenvalue weighted by Gasteiger charge is -2.41. The molecule has 1 heteroatoms. The minimum atomic E-state index is 0.107. The second-order valence-electron chi connectivity index (χ2n) is 5.97. The van der Waals surface area contributed by atoms with Crippen molar-refractivity contribution in [2.24, 2.45) is 0 Å². The first-order valence-corrected chi connectivity index (χ1v) is 5.67. The highest BCUT2D eigenvalue weighted by atomic mass is 16.3. The van der Waals surface area contributed by atoms with Crippen LogP contribution in [0.4, 0.5) is 0 Å². The summed E-state index contributed by atoms with van der Waals surface area (Å²) in [5.41, 5.74) is 2.78. The zero-order valence-electron chi connectivity index (χ0n) is 10.1. The van der Waals surface area contributed by atoms with Gasteiger partial charge in [-0.25, -0.2) is 0 Å². The standard InChI is InChI=1S/C14H20O/c1-13(2)8-9-14(3,4)12-10(13)6-5-7-11(12)15/h5-7,15H,8-9H2,1-4H3. The fourth-order valence-electron chi connectivity index (χ4n) is 2.70. The summed E-state index contributed by atoms with van der Waals surface area (Å²) in [5.74, 6) is 0.463. The van der Waals surface area contributed by atoms with Crippen LogP contribution in [0.3, 0.4) is 0 Å². The Morgan fingerprint density at radius 1 is 1.00 bits per heavy atom. The van der Waals surface area contributed by atoms with Crippen LogP contribution >= 0.6 is 0 Å². The summed E-state index contributed by atoms with van der Waals surface area (Å²) < 4.78 is 0. The second kappa shape index (κ2) is 3.01. The van der Waals surface area contributed by atoms with Gasteiger partial charge in [-0.15, -0.1) is 0 Å². The van der Waals surface area contributed by atoms with E-state index in [1.54, 1.807) is 0 Å². The molecule has 0 saturated heterocycles. The molecule has 1 aliphatic rings. The zero-order chi connectivity index (χ0) is 11.3. The first-order chi connectivity index (χ1) is 6.84. The van der Waals surface area contributed by atoms with Gasteiger partial charge in [-0.3, -0.25) is 0 Å². The molecule has 1 aromatic rings. The molecule has 2 rings (SSSR count). The van der Waals surface area contributed by atoms with Gasteiger partial charge in [-0.1, -0.05) is 39.8 Å². The van der Waals surface area contributed by atoms with E-state index in [0.29, 0.717) is 5.75 Å². The highest BCUT2D eigenvalue weighted by Crippen LogP contribution is 2.48.